The minimum Gasteiger partial charge on any atom is -0.497 e. The summed E-state index contributed by atoms with van der Waals surface area (Å²) in [5.74, 6) is 1.04. The third-order valence-corrected chi connectivity index (χ3v) is 4.72. The van der Waals surface area contributed by atoms with Crippen molar-refractivity contribution in [3.05, 3.63) is 83.9 Å². The molecule has 8 heteroatoms. The number of amides is 2. The highest BCUT2D eigenvalue weighted by molar-refractivity contribution is 6.09. The molecule has 0 unspecified atom stereocenters. The smallest absolute Gasteiger partial charge is 0.266 e. The lowest BCUT2D eigenvalue weighted by molar-refractivity contribution is -0.118. The Bertz CT molecular complexity index is 1210. The Morgan fingerprint density at radius 2 is 1.37 bits per heavy atom. The van der Waals surface area contributed by atoms with Gasteiger partial charge in [-0.2, -0.15) is 5.26 Å². The van der Waals surface area contributed by atoms with E-state index < -0.39 is 5.91 Å². The molecule has 0 aliphatic heterocycles. The number of nitrogens with zero attached hydrogens (tertiary/aromatic N) is 1. The van der Waals surface area contributed by atoms with Crippen molar-refractivity contribution in [3.8, 4) is 23.3 Å². The molecule has 0 heterocycles. The predicted octanol–water partition coefficient (Wildman–Crippen LogP) is 4.66. The summed E-state index contributed by atoms with van der Waals surface area (Å²) < 4.78 is 16.0. The summed E-state index contributed by atoms with van der Waals surface area (Å²) in [5, 5.41) is 14.9. The van der Waals surface area contributed by atoms with E-state index in [9.17, 15) is 14.9 Å². The molecule has 0 radical (unpaired) electrons. The Morgan fingerprint density at radius 1 is 0.829 bits per heavy atom. The van der Waals surface area contributed by atoms with Crippen molar-refractivity contribution in [1.82, 2.24) is 0 Å². The minimum atomic E-state index is -0.521. The molecule has 0 saturated heterocycles. The molecule has 0 saturated carbocycles. The number of carbonyl (C=O) groups excluding carboxylic acids is 2. The molecule has 0 spiro atoms. The van der Waals surface area contributed by atoms with Gasteiger partial charge in [0.25, 0.3) is 11.8 Å². The maximum atomic E-state index is 12.5. The number of hydrogen-bond donors (Lipinski definition) is 2. The van der Waals surface area contributed by atoms with Crippen LogP contribution in [-0.2, 0) is 9.59 Å². The normalized spacial score (nSPS) is 10.6. The molecule has 0 atom stereocenters. The Labute approximate surface area is 203 Å². The van der Waals surface area contributed by atoms with E-state index in [2.05, 4.69) is 10.6 Å². The lowest BCUT2D eigenvalue weighted by atomic mass is 10.1. The number of ether oxygens (including phenoxy) is 3. The van der Waals surface area contributed by atoms with Gasteiger partial charge in [0.1, 0.15) is 28.9 Å². The Morgan fingerprint density at radius 3 is 1.94 bits per heavy atom. The van der Waals surface area contributed by atoms with Crippen LogP contribution in [-0.4, -0.2) is 32.1 Å². The second-order valence-electron chi connectivity index (χ2n) is 7.22. The largest absolute Gasteiger partial charge is 0.497 e. The highest BCUT2D eigenvalue weighted by Gasteiger charge is 2.10. The van der Waals surface area contributed by atoms with Crippen molar-refractivity contribution in [3.63, 3.8) is 0 Å². The van der Waals surface area contributed by atoms with Gasteiger partial charge >= 0.3 is 0 Å². The van der Waals surface area contributed by atoms with Gasteiger partial charge in [-0.05, 0) is 79.2 Å². The van der Waals surface area contributed by atoms with E-state index in [1.807, 2.05) is 13.0 Å². The standard InChI is InChI=1S/C27H25N3O5/c1-3-34-24-14-8-22(9-15-24)30-27(32)20(17-28)16-19-4-10-25(11-5-19)35-18-26(31)29-21-6-12-23(33-2)13-7-21/h4-16H,3,18H2,1-2H3,(H,29,31)(H,30,32)/b20-16+. The van der Waals surface area contributed by atoms with E-state index in [1.165, 1.54) is 6.08 Å². The summed E-state index contributed by atoms with van der Waals surface area (Å²) in [5.41, 5.74) is 1.77. The maximum absolute atomic E-state index is 12.5. The van der Waals surface area contributed by atoms with Gasteiger partial charge in [-0.25, -0.2) is 0 Å². The lowest BCUT2D eigenvalue weighted by Gasteiger charge is -2.09. The van der Waals surface area contributed by atoms with E-state index in [0.717, 1.165) is 0 Å². The van der Waals surface area contributed by atoms with Crippen LogP contribution in [0.5, 0.6) is 17.2 Å². The summed E-state index contributed by atoms with van der Waals surface area (Å²) in [6.07, 6.45) is 1.48. The van der Waals surface area contributed by atoms with Gasteiger partial charge in [-0.1, -0.05) is 12.1 Å². The molecule has 8 nitrogen and oxygen atoms in total. The molecule has 0 aromatic heterocycles. The molecule has 0 aliphatic carbocycles. The fraction of sp³-hybridized carbons (Fsp3) is 0.148. The van der Waals surface area contributed by atoms with Crippen molar-refractivity contribution in [1.29, 1.82) is 5.26 Å². The monoisotopic (exact) mass is 471 g/mol. The number of nitrogens with one attached hydrogen (secondary N) is 2. The molecule has 35 heavy (non-hydrogen) atoms. The third kappa shape index (κ3) is 7.65. The predicted molar refractivity (Wildman–Crippen MR) is 133 cm³/mol. The minimum absolute atomic E-state index is 0.0496. The Hall–Kier alpha value is -4.77. The summed E-state index contributed by atoms with van der Waals surface area (Å²) in [7, 11) is 1.57. The van der Waals surface area contributed by atoms with Gasteiger partial charge in [0.15, 0.2) is 6.61 Å². The highest BCUT2D eigenvalue weighted by Crippen LogP contribution is 2.19. The van der Waals surface area contributed by atoms with E-state index in [1.54, 1.807) is 79.9 Å². The van der Waals surface area contributed by atoms with Crippen LogP contribution in [0.2, 0.25) is 0 Å². The molecule has 3 aromatic rings. The maximum Gasteiger partial charge on any atom is 0.266 e. The van der Waals surface area contributed by atoms with Crippen LogP contribution in [0.3, 0.4) is 0 Å². The average Bonchev–Trinajstić information content (AvgIpc) is 2.88. The third-order valence-electron chi connectivity index (χ3n) is 4.72. The number of anilines is 2. The fourth-order valence-corrected chi connectivity index (χ4v) is 3.00. The summed E-state index contributed by atoms with van der Waals surface area (Å²) in [6, 6.07) is 22.5. The number of rotatable bonds is 10. The van der Waals surface area contributed by atoms with E-state index >= 15 is 0 Å². The Balaban J connectivity index is 1.54. The van der Waals surface area contributed by atoms with Crippen LogP contribution in [0, 0.1) is 11.3 Å². The van der Waals surface area contributed by atoms with Crippen molar-refractivity contribution in [2.24, 2.45) is 0 Å². The summed E-state index contributed by atoms with van der Waals surface area (Å²) in [6.45, 7) is 2.27. The molecule has 0 fully saturated rings. The van der Waals surface area contributed by atoms with Crippen LogP contribution in [0.1, 0.15) is 12.5 Å². The number of carbonyl (C=O) groups is 2. The lowest BCUT2D eigenvalue weighted by Crippen LogP contribution is -2.20. The first-order valence-electron chi connectivity index (χ1n) is 10.8. The van der Waals surface area contributed by atoms with Crippen LogP contribution in [0.15, 0.2) is 78.4 Å². The first-order chi connectivity index (χ1) is 17.0. The van der Waals surface area contributed by atoms with E-state index in [4.69, 9.17) is 14.2 Å². The first kappa shape index (κ1) is 24.9. The first-order valence-corrected chi connectivity index (χ1v) is 10.8. The summed E-state index contributed by atoms with van der Waals surface area (Å²) >= 11 is 0. The molecule has 3 aromatic carbocycles. The highest BCUT2D eigenvalue weighted by atomic mass is 16.5. The number of hydrogen-bond acceptors (Lipinski definition) is 6. The zero-order valence-electron chi connectivity index (χ0n) is 19.4. The van der Waals surface area contributed by atoms with Crippen molar-refractivity contribution >= 4 is 29.3 Å². The van der Waals surface area contributed by atoms with Gasteiger partial charge in [0.05, 0.1) is 13.7 Å². The van der Waals surface area contributed by atoms with Gasteiger partial charge in [0, 0.05) is 11.4 Å². The summed E-state index contributed by atoms with van der Waals surface area (Å²) in [4.78, 5) is 24.6. The molecule has 0 bridgehead atoms. The van der Waals surface area contributed by atoms with Gasteiger partial charge in [0.2, 0.25) is 0 Å². The Kier molecular flexibility index (Phi) is 8.85. The van der Waals surface area contributed by atoms with Crippen LogP contribution in [0.25, 0.3) is 6.08 Å². The zero-order valence-corrected chi connectivity index (χ0v) is 19.4. The van der Waals surface area contributed by atoms with Crippen LogP contribution >= 0.6 is 0 Å². The van der Waals surface area contributed by atoms with E-state index in [0.29, 0.717) is 40.8 Å². The quantitative estimate of drug-likeness (QED) is 0.329. The van der Waals surface area contributed by atoms with Crippen molar-refractivity contribution in [2.45, 2.75) is 6.92 Å². The second kappa shape index (κ2) is 12.5. The molecular weight excluding hydrogens is 446 g/mol. The second-order valence-corrected chi connectivity index (χ2v) is 7.22. The zero-order chi connectivity index (χ0) is 25.0. The van der Waals surface area contributed by atoms with Crippen molar-refractivity contribution in [2.75, 3.05) is 31.0 Å². The number of methoxy groups -OCH3 is 1. The van der Waals surface area contributed by atoms with Crippen LogP contribution in [0.4, 0.5) is 11.4 Å². The molecule has 3 rings (SSSR count). The topological polar surface area (TPSA) is 110 Å². The molecule has 2 amide bonds. The molecule has 0 aliphatic rings. The molecule has 178 valence electrons. The number of nitriles is 1. The van der Waals surface area contributed by atoms with E-state index in [-0.39, 0.29) is 18.1 Å². The fourth-order valence-electron chi connectivity index (χ4n) is 3.00. The van der Waals surface area contributed by atoms with Gasteiger partial charge < -0.3 is 24.8 Å². The average molecular weight is 472 g/mol. The van der Waals surface area contributed by atoms with Gasteiger partial charge in [-0.15, -0.1) is 0 Å². The molecule has 2 N–H and O–H groups in total. The van der Waals surface area contributed by atoms with Crippen molar-refractivity contribution < 1.29 is 23.8 Å². The SMILES string of the molecule is CCOc1ccc(NC(=O)/C(C#N)=C/c2ccc(OCC(=O)Nc3ccc(OC)cc3)cc2)cc1. The number of benzene rings is 3. The van der Waals surface area contributed by atoms with Crippen LogP contribution < -0.4 is 24.8 Å². The molecular formula is C27H25N3O5. The van der Waals surface area contributed by atoms with Gasteiger partial charge in [-0.3, -0.25) is 9.59 Å².